The topological polar surface area (TPSA) is 85.6 Å². The van der Waals surface area contributed by atoms with Gasteiger partial charge in [-0.15, -0.1) is 0 Å². The van der Waals surface area contributed by atoms with Crippen LogP contribution in [0.5, 0.6) is 5.75 Å². The highest BCUT2D eigenvalue weighted by Crippen LogP contribution is 2.22. The van der Waals surface area contributed by atoms with E-state index in [1.165, 1.54) is 18.2 Å². The number of alkyl halides is 2. The van der Waals surface area contributed by atoms with E-state index in [0.29, 0.717) is 5.39 Å². The molecule has 1 atom stereocenters. The van der Waals surface area contributed by atoms with Gasteiger partial charge in [0.15, 0.2) is 0 Å². The fourth-order valence-corrected chi connectivity index (χ4v) is 2.66. The van der Waals surface area contributed by atoms with Crippen LogP contribution < -0.4 is 15.7 Å². The van der Waals surface area contributed by atoms with Crippen molar-refractivity contribution in [2.75, 3.05) is 0 Å². The van der Waals surface area contributed by atoms with Crippen LogP contribution in [0.3, 0.4) is 0 Å². The first-order valence-corrected chi connectivity index (χ1v) is 9.16. The molecule has 0 saturated heterocycles. The van der Waals surface area contributed by atoms with E-state index in [0.717, 1.165) is 5.56 Å². The minimum absolute atomic E-state index is 0.113. The number of benzene rings is 2. The van der Waals surface area contributed by atoms with Gasteiger partial charge in [-0.2, -0.15) is 0 Å². The van der Waals surface area contributed by atoms with Crippen molar-refractivity contribution < 1.29 is 18.7 Å². The van der Waals surface area contributed by atoms with Crippen molar-refractivity contribution in [1.82, 2.24) is 5.32 Å². The van der Waals surface area contributed by atoms with Gasteiger partial charge in [0.2, 0.25) is 4.84 Å². The van der Waals surface area contributed by atoms with Gasteiger partial charge in [0, 0.05) is 11.5 Å². The summed E-state index contributed by atoms with van der Waals surface area (Å²) in [4.78, 5) is 34.9. The summed E-state index contributed by atoms with van der Waals surface area (Å²) in [5, 5.41) is 3.26. The molecule has 0 aliphatic rings. The highest BCUT2D eigenvalue weighted by Gasteiger charge is 2.18. The number of rotatable bonds is 5. The summed E-state index contributed by atoms with van der Waals surface area (Å²) in [6.45, 7) is 1.82. The molecule has 1 unspecified atom stereocenters. The average Bonchev–Trinajstić information content (AvgIpc) is 2.67. The molecule has 144 valence electrons. The molecule has 0 radical (unpaired) electrons. The molecule has 1 heterocycles. The van der Waals surface area contributed by atoms with E-state index < -0.39 is 22.3 Å². The van der Waals surface area contributed by atoms with Gasteiger partial charge < -0.3 is 14.5 Å². The van der Waals surface area contributed by atoms with Crippen molar-refractivity contribution in [1.29, 1.82) is 0 Å². The molecule has 8 heteroatoms. The molecule has 3 rings (SSSR count). The minimum Gasteiger partial charge on any atom is -0.424 e. The second kappa shape index (κ2) is 8.46. The summed E-state index contributed by atoms with van der Waals surface area (Å²) in [5.74, 6) is -1.28. The number of carbonyl (C=O) groups excluding carboxylic acids is 2. The second-order valence-corrected chi connectivity index (χ2v) is 7.07. The summed E-state index contributed by atoms with van der Waals surface area (Å²) in [6, 6.07) is 14.9. The lowest BCUT2D eigenvalue weighted by Crippen LogP contribution is -2.30. The van der Waals surface area contributed by atoms with E-state index in [2.05, 4.69) is 5.32 Å². The molecule has 3 aromatic rings. The molecule has 28 heavy (non-hydrogen) atoms. The van der Waals surface area contributed by atoms with E-state index in [4.69, 9.17) is 32.4 Å². The van der Waals surface area contributed by atoms with Crippen LogP contribution in [-0.4, -0.2) is 16.7 Å². The minimum atomic E-state index is -1.33. The van der Waals surface area contributed by atoms with Crippen LogP contribution in [0.4, 0.5) is 0 Å². The number of hydrogen-bond acceptors (Lipinski definition) is 5. The Morgan fingerprint density at radius 2 is 1.79 bits per heavy atom. The second-order valence-electron chi connectivity index (χ2n) is 5.97. The van der Waals surface area contributed by atoms with Gasteiger partial charge in [-0.3, -0.25) is 4.79 Å². The molecule has 1 amide bonds. The van der Waals surface area contributed by atoms with Gasteiger partial charge in [-0.1, -0.05) is 53.5 Å². The standard InChI is InChI=1S/C20H15Cl2NO5/c1-11(12-5-3-2-4-6-12)23-18(24)15-9-13-7-8-14(27-20(26)17(21)22)10-16(13)28-19(15)25/h2-11,17H,1H3,(H,23,24). The molecule has 1 N–H and O–H groups in total. The van der Waals surface area contributed by atoms with Crippen molar-refractivity contribution in [2.24, 2.45) is 0 Å². The van der Waals surface area contributed by atoms with E-state index in [-0.39, 0.29) is 22.9 Å². The largest absolute Gasteiger partial charge is 0.424 e. The van der Waals surface area contributed by atoms with E-state index in [1.807, 2.05) is 37.3 Å². The molecule has 2 aromatic carbocycles. The van der Waals surface area contributed by atoms with Gasteiger partial charge >= 0.3 is 11.6 Å². The van der Waals surface area contributed by atoms with Crippen molar-refractivity contribution in [2.45, 2.75) is 17.8 Å². The van der Waals surface area contributed by atoms with Gasteiger partial charge in [0.25, 0.3) is 5.91 Å². The summed E-state index contributed by atoms with van der Waals surface area (Å²) in [6.07, 6.45) is 0. The van der Waals surface area contributed by atoms with Crippen LogP contribution in [0.25, 0.3) is 11.0 Å². The van der Waals surface area contributed by atoms with Crippen LogP contribution in [0.1, 0.15) is 28.9 Å². The lowest BCUT2D eigenvalue weighted by molar-refractivity contribution is -0.132. The zero-order valence-corrected chi connectivity index (χ0v) is 16.2. The summed E-state index contributed by atoms with van der Waals surface area (Å²) in [7, 11) is 0. The quantitative estimate of drug-likeness (QED) is 0.292. The van der Waals surface area contributed by atoms with Crippen LogP contribution >= 0.6 is 23.2 Å². The number of carbonyl (C=O) groups is 2. The maximum atomic E-state index is 12.5. The summed E-state index contributed by atoms with van der Waals surface area (Å²) < 4.78 is 10.2. The summed E-state index contributed by atoms with van der Waals surface area (Å²) in [5.41, 5.74) is 0.135. The Morgan fingerprint density at radius 1 is 1.07 bits per heavy atom. The van der Waals surface area contributed by atoms with Crippen molar-refractivity contribution >= 4 is 46.0 Å². The Bertz CT molecular complexity index is 1080. The third kappa shape index (κ3) is 4.52. The van der Waals surface area contributed by atoms with E-state index in [1.54, 1.807) is 6.07 Å². The maximum Gasteiger partial charge on any atom is 0.349 e. The lowest BCUT2D eigenvalue weighted by atomic mass is 10.1. The molecular formula is C20H15Cl2NO5. The fraction of sp³-hybridized carbons (Fsp3) is 0.150. The summed E-state index contributed by atoms with van der Waals surface area (Å²) >= 11 is 10.9. The molecule has 0 aliphatic carbocycles. The Morgan fingerprint density at radius 3 is 2.46 bits per heavy atom. The average molecular weight is 420 g/mol. The maximum absolute atomic E-state index is 12.5. The zero-order valence-electron chi connectivity index (χ0n) is 14.6. The fourth-order valence-electron chi connectivity index (χ4n) is 2.57. The first kappa shape index (κ1) is 19.9. The van der Waals surface area contributed by atoms with Crippen LogP contribution in [-0.2, 0) is 4.79 Å². The molecule has 0 aliphatic heterocycles. The first-order chi connectivity index (χ1) is 13.3. The van der Waals surface area contributed by atoms with Crippen molar-refractivity contribution in [3.8, 4) is 5.75 Å². The monoisotopic (exact) mass is 419 g/mol. The number of amides is 1. The Hall–Kier alpha value is -2.83. The predicted molar refractivity (Wildman–Crippen MR) is 106 cm³/mol. The molecule has 0 saturated carbocycles. The van der Waals surface area contributed by atoms with Gasteiger partial charge in [0.05, 0.1) is 6.04 Å². The van der Waals surface area contributed by atoms with E-state index in [9.17, 15) is 14.4 Å². The van der Waals surface area contributed by atoms with Crippen LogP contribution in [0, 0.1) is 0 Å². The van der Waals surface area contributed by atoms with E-state index >= 15 is 0 Å². The van der Waals surface area contributed by atoms with Gasteiger partial charge in [-0.05, 0) is 30.7 Å². The SMILES string of the molecule is CC(NC(=O)c1cc2ccc(OC(=O)C(Cl)Cl)cc2oc1=O)c1ccccc1. The molecule has 0 bridgehead atoms. The normalized spacial score (nSPS) is 12.0. The number of fused-ring (bicyclic) bond motifs is 1. The molecule has 0 fully saturated rings. The Labute approximate surface area is 170 Å². The first-order valence-electron chi connectivity index (χ1n) is 8.28. The van der Waals surface area contributed by atoms with Crippen molar-refractivity contribution in [3.05, 3.63) is 76.1 Å². The van der Waals surface area contributed by atoms with Crippen LogP contribution in [0.2, 0.25) is 0 Å². The molecular weight excluding hydrogens is 405 g/mol. The number of halogens is 2. The lowest BCUT2D eigenvalue weighted by Gasteiger charge is -2.14. The number of esters is 1. The highest BCUT2D eigenvalue weighted by atomic mass is 35.5. The smallest absolute Gasteiger partial charge is 0.349 e. The van der Waals surface area contributed by atoms with Crippen LogP contribution in [0.15, 0.2) is 63.8 Å². The third-order valence-electron chi connectivity index (χ3n) is 4.00. The molecule has 0 spiro atoms. The zero-order chi connectivity index (χ0) is 20.3. The third-order valence-corrected chi connectivity index (χ3v) is 4.35. The number of ether oxygens (including phenoxy) is 1. The highest BCUT2D eigenvalue weighted by molar-refractivity contribution is 6.53. The van der Waals surface area contributed by atoms with Gasteiger partial charge in [0.1, 0.15) is 16.9 Å². The van der Waals surface area contributed by atoms with Gasteiger partial charge in [-0.25, -0.2) is 9.59 Å². The molecule has 1 aromatic heterocycles. The van der Waals surface area contributed by atoms with Crippen molar-refractivity contribution in [3.63, 3.8) is 0 Å². The number of nitrogens with one attached hydrogen (secondary N) is 1. The predicted octanol–water partition coefficient (Wildman–Crippen LogP) is 3.99. The number of hydrogen-bond donors (Lipinski definition) is 1. The Kier molecular flexibility index (Phi) is 6.02. The molecule has 6 nitrogen and oxygen atoms in total. The Balaban J connectivity index is 1.84.